The minimum absolute atomic E-state index is 0.0465. The van der Waals surface area contributed by atoms with Crippen molar-refractivity contribution in [1.29, 1.82) is 0 Å². The molecule has 252 valence electrons. The summed E-state index contributed by atoms with van der Waals surface area (Å²) in [4.78, 5) is 55.2. The van der Waals surface area contributed by atoms with Crippen LogP contribution in [0, 0.1) is 47.8 Å². The second kappa shape index (κ2) is 15.1. The molecule has 47 heavy (non-hydrogen) atoms. The Morgan fingerprint density at radius 3 is 1.98 bits per heavy atom. The number of benzene rings is 2. The summed E-state index contributed by atoms with van der Waals surface area (Å²) in [5, 5.41) is 0. The molecule has 4 aliphatic rings. The molecule has 0 radical (unpaired) electrons. The average Bonchev–Trinajstić information content (AvgIpc) is 3.09. The molecule has 3 fully saturated rings. The van der Waals surface area contributed by atoms with Crippen molar-refractivity contribution in [3.63, 3.8) is 0 Å². The van der Waals surface area contributed by atoms with Crippen molar-refractivity contribution < 1.29 is 19.2 Å². The highest BCUT2D eigenvalue weighted by molar-refractivity contribution is 5.97. The van der Waals surface area contributed by atoms with Gasteiger partial charge in [-0.25, -0.2) is 0 Å². The van der Waals surface area contributed by atoms with E-state index in [9.17, 15) is 19.2 Å². The van der Waals surface area contributed by atoms with Crippen LogP contribution < -0.4 is 0 Å². The summed E-state index contributed by atoms with van der Waals surface area (Å²) in [6.07, 6.45) is 16.0. The summed E-state index contributed by atoms with van der Waals surface area (Å²) in [5.74, 6) is 2.50. The van der Waals surface area contributed by atoms with Crippen LogP contribution in [0.1, 0.15) is 125 Å². The monoisotopic (exact) mass is 636 g/mol. The number of aryl methyl sites for hydroxylation is 1. The van der Waals surface area contributed by atoms with Gasteiger partial charge in [-0.15, -0.1) is 0 Å². The van der Waals surface area contributed by atoms with Crippen LogP contribution in [0.15, 0.2) is 48.5 Å². The van der Waals surface area contributed by atoms with Gasteiger partial charge in [0, 0.05) is 48.9 Å². The smallest absolute Gasteiger partial charge is 0.142 e. The van der Waals surface area contributed by atoms with Crippen LogP contribution in [-0.4, -0.2) is 23.1 Å². The predicted molar refractivity (Wildman–Crippen MR) is 187 cm³/mol. The van der Waals surface area contributed by atoms with E-state index in [0.717, 1.165) is 80.8 Å². The number of hydrogen-bond donors (Lipinski definition) is 0. The second-order valence-electron chi connectivity index (χ2n) is 16.2. The third-order valence-corrected chi connectivity index (χ3v) is 13.0. The summed E-state index contributed by atoms with van der Waals surface area (Å²) >= 11 is 0. The zero-order valence-electron chi connectivity index (χ0n) is 28.9. The number of rotatable bonds is 11. The Hall–Kier alpha value is -2.88. The van der Waals surface area contributed by atoms with Crippen molar-refractivity contribution in [3.05, 3.63) is 70.8 Å². The quantitative estimate of drug-likeness (QED) is 0.247. The second-order valence-corrected chi connectivity index (χ2v) is 16.2. The van der Waals surface area contributed by atoms with E-state index in [1.807, 2.05) is 44.2 Å². The number of Topliss-reactive ketones (excluding diaryl/α,β-unsaturated/α-hetero) is 4. The van der Waals surface area contributed by atoms with E-state index in [1.54, 1.807) is 0 Å². The van der Waals surface area contributed by atoms with Gasteiger partial charge in [-0.1, -0.05) is 87.6 Å². The minimum Gasteiger partial charge on any atom is -0.299 e. The zero-order valence-corrected chi connectivity index (χ0v) is 28.9. The normalized spacial score (nSPS) is 28.2. The van der Waals surface area contributed by atoms with Gasteiger partial charge in [0.05, 0.1) is 0 Å². The van der Waals surface area contributed by atoms with Crippen molar-refractivity contribution in [2.75, 3.05) is 0 Å². The van der Waals surface area contributed by atoms with Crippen molar-refractivity contribution >= 4 is 23.1 Å². The molecular formula is C43H56O4. The molecule has 0 bridgehead atoms. The maximum atomic E-state index is 14.4. The molecule has 2 atom stereocenters. The first-order valence-electron chi connectivity index (χ1n) is 18.9. The van der Waals surface area contributed by atoms with E-state index in [2.05, 4.69) is 18.2 Å². The number of fused-ring (bicyclic) bond motifs is 1. The number of ketones is 4. The summed E-state index contributed by atoms with van der Waals surface area (Å²) < 4.78 is 0. The Balaban J connectivity index is 1.10. The van der Waals surface area contributed by atoms with E-state index in [0.29, 0.717) is 24.5 Å². The maximum Gasteiger partial charge on any atom is 0.142 e. The van der Waals surface area contributed by atoms with Gasteiger partial charge in [-0.2, -0.15) is 0 Å². The van der Waals surface area contributed by atoms with Crippen molar-refractivity contribution in [2.24, 2.45) is 40.9 Å². The first kappa shape index (κ1) is 34.0. The molecule has 0 aliphatic heterocycles. The molecule has 3 saturated carbocycles. The molecule has 0 aromatic heterocycles. The predicted octanol–water partition coefficient (Wildman–Crippen LogP) is 9.21. The molecule has 0 saturated heterocycles. The molecule has 4 heteroatoms. The maximum absolute atomic E-state index is 14.4. The Labute approximate surface area is 282 Å². The molecule has 6 rings (SSSR count). The Bertz CT molecular complexity index is 1430. The fraction of sp³-hybridized carbons (Fsp3) is 0.628. The number of carbonyl (C=O) groups is 4. The third-order valence-electron chi connectivity index (χ3n) is 13.0. The lowest BCUT2D eigenvalue weighted by molar-refractivity contribution is -0.142. The molecular weight excluding hydrogens is 580 g/mol. The van der Waals surface area contributed by atoms with Crippen molar-refractivity contribution in [1.82, 2.24) is 0 Å². The van der Waals surface area contributed by atoms with E-state index >= 15 is 0 Å². The minimum atomic E-state index is -0.959. The van der Waals surface area contributed by atoms with Gasteiger partial charge in [0.15, 0.2) is 0 Å². The van der Waals surface area contributed by atoms with E-state index < -0.39 is 5.41 Å². The van der Waals surface area contributed by atoms with Gasteiger partial charge in [-0.3, -0.25) is 19.2 Å². The van der Waals surface area contributed by atoms with E-state index in [1.165, 1.54) is 43.2 Å². The lowest BCUT2D eigenvalue weighted by Gasteiger charge is -2.39. The SMILES string of the molecule is Cc1ccccc1CC(=O)CC(C)(CC(=O)C1CCC(C2Cc3ccccc3CC2=O)CC1)C(=O)C1CCC(C2CCCCC2)CC1. The fourth-order valence-corrected chi connectivity index (χ4v) is 10.1. The molecule has 4 nitrogen and oxygen atoms in total. The summed E-state index contributed by atoms with van der Waals surface area (Å²) in [6, 6.07) is 16.3. The summed E-state index contributed by atoms with van der Waals surface area (Å²) in [6.45, 7) is 3.96. The van der Waals surface area contributed by atoms with Gasteiger partial charge in [0.25, 0.3) is 0 Å². The highest BCUT2D eigenvalue weighted by atomic mass is 16.1. The molecule has 2 aromatic carbocycles. The molecule has 2 aromatic rings. The Morgan fingerprint density at radius 2 is 1.28 bits per heavy atom. The number of carbonyl (C=O) groups excluding carboxylic acids is 4. The summed E-state index contributed by atoms with van der Waals surface area (Å²) in [7, 11) is 0. The standard InChI is InChI=1S/C43H56O4/c1-29-10-6-7-13-35(29)24-38(44)27-43(2,42(47)34-22-16-31(17-23-34)30-11-4-3-5-12-30)28-41(46)33-20-18-32(19-21-33)39-25-36-14-8-9-15-37(36)26-40(39)45/h6-10,13-15,30-34,39H,3-5,11-12,16-28H2,1-2H3. The van der Waals surface area contributed by atoms with Gasteiger partial charge >= 0.3 is 0 Å². The number of hydrogen-bond acceptors (Lipinski definition) is 4. The first-order valence-corrected chi connectivity index (χ1v) is 18.9. The van der Waals surface area contributed by atoms with Crippen molar-refractivity contribution in [3.8, 4) is 0 Å². The molecule has 0 spiro atoms. The van der Waals surface area contributed by atoms with Gasteiger partial charge in [0.1, 0.15) is 23.1 Å². The molecule has 2 unspecified atom stereocenters. The van der Waals surface area contributed by atoms with Crippen molar-refractivity contribution in [2.45, 2.75) is 129 Å². The zero-order chi connectivity index (χ0) is 33.0. The van der Waals surface area contributed by atoms with Crippen LogP contribution in [0.2, 0.25) is 0 Å². The molecule has 0 heterocycles. The van der Waals surface area contributed by atoms with Crippen LogP contribution in [0.4, 0.5) is 0 Å². The lowest BCUT2D eigenvalue weighted by Crippen LogP contribution is -2.41. The average molecular weight is 637 g/mol. The van der Waals surface area contributed by atoms with Crippen LogP contribution in [0.25, 0.3) is 0 Å². The van der Waals surface area contributed by atoms with Crippen LogP contribution in [0.3, 0.4) is 0 Å². The topological polar surface area (TPSA) is 68.3 Å². The Kier molecular flexibility index (Phi) is 10.9. The van der Waals surface area contributed by atoms with Gasteiger partial charge < -0.3 is 0 Å². The first-order chi connectivity index (χ1) is 22.7. The van der Waals surface area contributed by atoms with Gasteiger partial charge in [0.2, 0.25) is 0 Å². The fourth-order valence-electron chi connectivity index (χ4n) is 10.1. The van der Waals surface area contributed by atoms with Gasteiger partial charge in [-0.05, 0) is 105 Å². The molecule has 0 amide bonds. The molecule has 0 N–H and O–H groups in total. The van der Waals surface area contributed by atoms with E-state index in [-0.39, 0.29) is 47.9 Å². The highest BCUT2D eigenvalue weighted by Crippen LogP contribution is 2.45. The van der Waals surface area contributed by atoms with Crippen LogP contribution in [0.5, 0.6) is 0 Å². The van der Waals surface area contributed by atoms with Crippen LogP contribution in [-0.2, 0) is 38.4 Å². The van der Waals surface area contributed by atoms with E-state index in [4.69, 9.17) is 0 Å². The highest BCUT2D eigenvalue weighted by Gasteiger charge is 2.44. The van der Waals surface area contributed by atoms with Crippen LogP contribution >= 0.6 is 0 Å². The Morgan fingerprint density at radius 1 is 0.681 bits per heavy atom. The third kappa shape index (κ3) is 8.06. The summed E-state index contributed by atoms with van der Waals surface area (Å²) in [5.41, 5.74) is 3.60. The largest absolute Gasteiger partial charge is 0.299 e. The lowest BCUT2D eigenvalue weighted by atomic mass is 9.64. The molecule has 4 aliphatic carbocycles.